The fourth-order valence-corrected chi connectivity index (χ4v) is 3.04. The van der Waals surface area contributed by atoms with Crippen LogP contribution in [0.15, 0.2) is 46.6 Å². The minimum atomic E-state index is -0.689. The van der Waals surface area contributed by atoms with E-state index in [1.54, 1.807) is 44.2 Å². The molecule has 1 aromatic heterocycles. The van der Waals surface area contributed by atoms with Gasteiger partial charge in [0.1, 0.15) is 22.8 Å². The van der Waals surface area contributed by atoms with E-state index in [1.165, 1.54) is 26.6 Å². The average molecular weight is 398 g/mol. The standard InChI is InChI=1S/C21H22N2O6/c1-13(2)23-20(25)17(10-14-7-8-15(27-3)11-18(14)28-4)19(24)22(21(23)26)12-16-6-5-9-29-16/h5-11,13H,12H2,1-4H3. The zero-order valence-electron chi connectivity index (χ0n) is 16.7. The molecule has 1 fully saturated rings. The van der Waals surface area contributed by atoms with Crippen molar-refractivity contribution in [1.82, 2.24) is 9.80 Å². The molecule has 1 aromatic carbocycles. The molecule has 0 N–H and O–H groups in total. The first-order chi connectivity index (χ1) is 13.9. The van der Waals surface area contributed by atoms with Crippen LogP contribution in [-0.2, 0) is 16.1 Å². The fourth-order valence-electron chi connectivity index (χ4n) is 3.04. The van der Waals surface area contributed by atoms with Gasteiger partial charge in [0.25, 0.3) is 11.8 Å². The number of benzene rings is 1. The van der Waals surface area contributed by atoms with E-state index >= 15 is 0 Å². The van der Waals surface area contributed by atoms with Gasteiger partial charge in [-0.05, 0) is 44.2 Å². The van der Waals surface area contributed by atoms with Gasteiger partial charge in [-0.3, -0.25) is 19.4 Å². The molecule has 2 heterocycles. The molecule has 2 aromatic rings. The molecule has 1 aliphatic rings. The predicted molar refractivity (Wildman–Crippen MR) is 104 cm³/mol. The molecule has 1 aliphatic heterocycles. The van der Waals surface area contributed by atoms with Gasteiger partial charge in [-0.2, -0.15) is 0 Å². The van der Waals surface area contributed by atoms with Gasteiger partial charge in [0.05, 0.1) is 27.0 Å². The van der Waals surface area contributed by atoms with Crippen LogP contribution in [-0.4, -0.2) is 47.9 Å². The molecule has 1 saturated heterocycles. The number of nitrogens with zero attached hydrogens (tertiary/aromatic N) is 2. The lowest BCUT2D eigenvalue weighted by Gasteiger charge is -2.35. The van der Waals surface area contributed by atoms with Crippen LogP contribution in [0, 0.1) is 0 Å². The third kappa shape index (κ3) is 3.87. The number of imide groups is 2. The number of rotatable bonds is 6. The lowest BCUT2D eigenvalue weighted by atomic mass is 10.0. The van der Waals surface area contributed by atoms with Crippen LogP contribution in [0.5, 0.6) is 11.5 Å². The monoisotopic (exact) mass is 398 g/mol. The van der Waals surface area contributed by atoms with Crippen molar-refractivity contribution in [2.45, 2.75) is 26.4 Å². The summed E-state index contributed by atoms with van der Waals surface area (Å²) in [5.41, 5.74) is 0.384. The number of barbiturate groups is 1. The molecule has 0 unspecified atom stereocenters. The summed E-state index contributed by atoms with van der Waals surface area (Å²) in [5, 5.41) is 0. The van der Waals surface area contributed by atoms with Crippen molar-refractivity contribution in [3.63, 3.8) is 0 Å². The minimum absolute atomic E-state index is 0.0712. The number of methoxy groups -OCH3 is 2. The molecule has 152 valence electrons. The van der Waals surface area contributed by atoms with Crippen LogP contribution in [0.1, 0.15) is 25.2 Å². The molecule has 8 nitrogen and oxygen atoms in total. The van der Waals surface area contributed by atoms with E-state index in [4.69, 9.17) is 13.9 Å². The molecule has 4 amide bonds. The number of furan rings is 1. The average Bonchev–Trinajstić information content (AvgIpc) is 3.21. The van der Waals surface area contributed by atoms with E-state index in [0.29, 0.717) is 22.8 Å². The number of ether oxygens (including phenoxy) is 2. The second-order valence-corrected chi connectivity index (χ2v) is 6.69. The normalized spacial score (nSPS) is 16.2. The van der Waals surface area contributed by atoms with Crippen molar-refractivity contribution in [1.29, 1.82) is 0 Å². The zero-order valence-corrected chi connectivity index (χ0v) is 16.7. The van der Waals surface area contributed by atoms with Crippen LogP contribution in [0.2, 0.25) is 0 Å². The van der Waals surface area contributed by atoms with Gasteiger partial charge >= 0.3 is 6.03 Å². The third-order valence-corrected chi connectivity index (χ3v) is 4.51. The summed E-state index contributed by atoms with van der Waals surface area (Å²) in [6.45, 7) is 3.35. The van der Waals surface area contributed by atoms with Crippen LogP contribution in [0.25, 0.3) is 6.08 Å². The Kier molecular flexibility index (Phi) is 5.72. The maximum absolute atomic E-state index is 13.0. The highest BCUT2D eigenvalue weighted by Gasteiger charge is 2.43. The van der Waals surface area contributed by atoms with Crippen LogP contribution in [0.4, 0.5) is 4.79 Å². The van der Waals surface area contributed by atoms with Crippen molar-refractivity contribution >= 4 is 23.9 Å². The molecule has 0 saturated carbocycles. The maximum atomic E-state index is 13.0. The Morgan fingerprint density at radius 2 is 1.83 bits per heavy atom. The van der Waals surface area contributed by atoms with Crippen molar-refractivity contribution in [2.75, 3.05) is 14.2 Å². The third-order valence-electron chi connectivity index (χ3n) is 4.51. The highest BCUT2D eigenvalue weighted by atomic mass is 16.5. The minimum Gasteiger partial charge on any atom is -0.497 e. The second kappa shape index (κ2) is 8.22. The number of urea groups is 1. The molecule has 0 radical (unpaired) electrons. The summed E-state index contributed by atoms with van der Waals surface area (Å²) in [6.07, 6.45) is 2.89. The lowest BCUT2D eigenvalue weighted by Crippen LogP contribution is -2.57. The summed E-state index contributed by atoms with van der Waals surface area (Å²) >= 11 is 0. The summed E-state index contributed by atoms with van der Waals surface area (Å²) in [7, 11) is 3.01. The van der Waals surface area contributed by atoms with E-state index in [9.17, 15) is 14.4 Å². The molecule has 0 atom stereocenters. The molecule has 0 aliphatic carbocycles. The highest BCUT2D eigenvalue weighted by molar-refractivity contribution is 6.31. The van der Waals surface area contributed by atoms with Crippen molar-refractivity contribution in [3.05, 3.63) is 53.5 Å². The quantitative estimate of drug-likeness (QED) is 0.549. The Morgan fingerprint density at radius 3 is 2.41 bits per heavy atom. The van der Waals surface area contributed by atoms with E-state index in [2.05, 4.69) is 0 Å². The Labute approximate surface area is 168 Å². The van der Waals surface area contributed by atoms with E-state index < -0.39 is 23.9 Å². The van der Waals surface area contributed by atoms with E-state index in [1.807, 2.05) is 0 Å². The van der Waals surface area contributed by atoms with Gasteiger partial charge < -0.3 is 13.9 Å². The smallest absolute Gasteiger partial charge is 0.334 e. The number of carbonyl (C=O) groups excluding carboxylic acids is 3. The van der Waals surface area contributed by atoms with Gasteiger partial charge in [0.15, 0.2) is 0 Å². The first-order valence-electron chi connectivity index (χ1n) is 9.02. The summed E-state index contributed by atoms with van der Waals surface area (Å²) in [5.74, 6) is 0.104. The van der Waals surface area contributed by atoms with Crippen molar-refractivity contribution in [3.8, 4) is 11.5 Å². The Bertz CT molecular complexity index is 962. The molecule has 29 heavy (non-hydrogen) atoms. The second-order valence-electron chi connectivity index (χ2n) is 6.69. The molecule has 3 rings (SSSR count). The fraction of sp³-hybridized carbons (Fsp3) is 0.286. The van der Waals surface area contributed by atoms with Gasteiger partial charge in [0.2, 0.25) is 0 Å². The van der Waals surface area contributed by atoms with Gasteiger partial charge in [-0.1, -0.05) is 0 Å². The summed E-state index contributed by atoms with van der Waals surface area (Å²) < 4.78 is 15.8. The topological polar surface area (TPSA) is 89.3 Å². The molecule has 8 heteroatoms. The first kappa shape index (κ1) is 20.2. The van der Waals surface area contributed by atoms with Crippen LogP contribution < -0.4 is 9.47 Å². The van der Waals surface area contributed by atoms with Gasteiger partial charge in [0, 0.05) is 17.7 Å². The summed E-state index contributed by atoms with van der Waals surface area (Å²) in [4.78, 5) is 40.9. The zero-order chi connectivity index (χ0) is 21.1. The van der Waals surface area contributed by atoms with Gasteiger partial charge in [-0.25, -0.2) is 4.79 Å². The maximum Gasteiger partial charge on any atom is 0.334 e. The molecule has 0 spiro atoms. The predicted octanol–water partition coefficient (Wildman–Crippen LogP) is 3.08. The largest absolute Gasteiger partial charge is 0.497 e. The number of hydrogen-bond donors (Lipinski definition) is 0. The Morgan fingerprint density at radius 1 is 1.07 bits per heavy atom. The highest BCUT2D eigenvalue weighted by Crippen LogP contribution is 2.29. The van der Waals surface area contributed by atoms with Gasteiger partial charge in [-0.15, -0.1) is 0 Å². The SMILES string of the molecule is COc1ccc(C=C2C(=O)N(Cc3ccco3)C(=O)N(C(C)C)C2=O)c(OC)c1. The van der Waals surface area contributed by atoms with Crippen LogP contribution >= 0.6 is 0 Å². The van der Waals surface area contributed by atoms with E-state index in [0.717, 1.165) is 9.80 Å². The Balaban J connectivity index is 2.06. The molecular weight excluding hydrogens is 376 g/mol. The van der Waals surface area contributed by atoms with Crippen molar-refractivity contribution < 1.29 is 28.3 Å². The number of hydrogen-bond acceptors (Lipinski definition) is 6. The van der Waals surface area contributed by atoms with E-state index in [-0.39, 0.29) is 12.1 Å². The molecular formula is C21H22N2O6. The number of carbonyl (C=O) groups is 3. The molecule has 0 bridgehead atoms. The number of amides is 4. The Hall–Kier alpha value is -3.55. The van der Waals surface area contributed by atoms with Crippen molar-refractivity contribution in [2.24, 2.45) is 0 Å². The van der Waals surface area contributed by atoms with Crippen LogP contribution in [0.3, 0.4) is 0 Å². The summed E-state index contributed by atoms with van der Waals surface area (Å²) in [6, 6.07) is 7.24. The lowest BCUT2D eigenvalue weighted by molar-refractivity contribution is -0.137. The first-order valence-corrected chi connectivity index (χ1v) is 9.02.